The molecule has 2 N–H and O–H groups in total. The van der Waals surface area contributed by atoms with Crippen LogP contribution in [0.4, 0.5) is 0 Å². The summed E-state index contributed by atoms with van der Waals surface area (Å²) in [7, 11) is 0. The van der Waals surface area contributed by atoms with Crippen molar-refractivity contribution in [1.82, 2.24) is 10.2 Å². The topological polar surface area (TPSA) is 69.6 Å². The summed E-state index contributed by atoms with van der Waals surface area (Å²) in [6.45, 7) is 7.51. The lowest BCUT2D eigenvalue weighted by Gasteiger charge is -2.32. The lowest BCUT2D eigenvalue weighted by atomic mass is 9.96. The summed E-state index contributed by atoms with van der Waals surface area (Å²) in [5.74, 6) is 0.0959. The molecule has 1 aliphatic rings. The van der Waals surface area contributed by atoms with E-state index in [0.29, 0.717) is 31.6 Å². The molecule has 1 aromatic carbocycles. The summed E-state index contributed by atoms with van der Waals surface area (Å²) in [4.78, 5) is 26.8. The van der Waals surface area contributed by atoms with Gasteiger partial charge in [0.25, 0.3) is 5.91 Å². The number of carbonyl (C=O) groups excluding carboxylic acids is 2. The van der Waals surface area contributed by atoms with Gasteiger partial charge >= 0.3 is 0 Å². The van der Waals surface area contributed by atoms with Gasteiger partial charge in [0.2, 0.25) is 5.91 Å². The maximum Gasteiger partial charge on any atom is 0.253 e. The third kappa shape index (κ3) is 5.85. The Bertz CT molecular complexity index is 583. The Labute approximate surface area is 150 Å². The Hall–Kier alpha value is -1.88. The van der Waals surface area contributed by atoms with E-state index in [0.717, 1.165) is 18.4 Å². The van der Waals surface area contributed by atoms with Gasteiger partial charge in [-0.25, -0.2) is 0 Å². The lowest BCUT2D eigenvalue weighted by molar-refractivity contribution is -0.126. The van der Waals surface area contributed by atoms with E-state index in [1.165, 1.54) is 0 Å². The molecule has 2 amide bonds. The van der Waals surface area contributed by atoms with Gasteiger partial charge in [-0.15, -0.1) is 0 Å². The smallest absolute Gasteiger partial charge is 0.253 e. The number of benzene rings is 1. The van der Waals surface area contributed by atoms with Crippen molar-refractivity contribution in [3.05, 3.63) is 35.4 Å². The molecule has 1 heterocycles. The average Bonchev–Trinajstić information content (AvgIpc) is 2.59. The van der Waals surface area contributed by atoms with E-state index in [4.69, 9.17) is 0 Å². The van der Waals surface area contributed by atoms with Gasteiger partial charge in [-0.05, 0) is 51.2 Å². The maximum atomic E-state index is 12.6. The van der Waals surface area contributed by atoms with Gasteiger partial charge in [0.1, 0.15) is 0 Å². The Kier molecular flexibility index (Phi) is 7.00. The van der Waals surface area contributed by atoms with E-state index in [1.807, 2.05) is 38.1 Å². The van der Waals surface area contributed by atoms with Crippen molar-refractivity contribution in [2.45, 2.75) is 46.1 Å². The largest absolute Gasteiger partial charge is 0.393 e. The number of aryl methyl sites for hydroxylation is 1. The minimum absolute atomic E-state index is 0.0000247. The molecule has 3 atom stereocenters. The molecule has 5 nitrogen and oxygen atoms in total. The zero-order chi connectivity index (χ0) is 18.4. The van der Waals surface area contributed by atoms with Gasteiger partial charge in [0.15, 0.2) is 0 Å². The van der Waals surface area contributed by atoms with Crippen molar-refractivity contribution in [3.8, 4) is 0 Å². The molecule has 1 fully saturated rings. The molecule has 0 bridgehead atoms. The Balaban J connectivity index is 1.88. The normalized spacial score (nSPS) is 20.0. The number of piperidine rings is 1. The number of aliphatic hydroxyl groups excluding tert-OH is 1. The monoisotopic (exact) mass is 346 g/mol. The van der Waals surface area contributed by atoms with Crippen molar-refractivity contribution in [2.24, 2.45) is 11.8 Å². The van der Waals surface area contributed by atoms with E-state index < -0.39 is 0 Å². The Morgan fingerprint density at radius 3 is 2.60 bits per heavy atom. The first-order valence-electron chi connectivity index (χ1n) is 9.18. The number of amides is 2. The first-order chi connectivity index (χ1) is 11.9. The van der Waals surface area contributed by atoms with Gasteiger partial charge in [0.05, 0.1) is 12.0 Å². The first kappa shape index (κ1) is 19.4. The molecule has 1 aromatic rings. The van der Waals surface area contributed by atoms with Crippen LogP contribution in [0.2, 0.25) is 0 Å². The fraction of sp³-hybridized carbons (Fsp3) is 0.600. The number of hydrogen-bond donors (Lipinski definition) is 2. The molecule has 0 radical (unpaired) electrons. The molecule has 25 heavy (non-hydrogen) atoms. The van der Waals surface area contributed by atoms with Crippen LogP contribution in [-0.2, 0) is 4.79 Å². The number of aliphatic hydroxyl groups is 1. The fourth-order valence-corrected chi connectivity index (χ4v) is 3.34. The summed E-state index contributed by atoms with van der Waals surface area (Å²) in [6, 6.07) is 7.56. The van der Waals surface area contributed by atoms with E-state index >= 15 is 0 Å². The van der Waals surface area contributed by atoms with E-state index in [2.05, 4.69) is 5.32 Å². The molecule has 0 spiro atoms. The van der Waals surface area contributed by atoms with Gasteiger partial charge in [0, 0.05) is 25.2 Å². The lowest BCUT2D eigenvalue weighted by Crippen LogP contribution is -2.46. The van der Waals surface area contributed by atoms with E-state index in [-0.39, 0.29) is 29.8 Å². The minimum atomic E-state index is -0.357. The molecule has 0 aromatic heterocycles. The second-order valence-corrected chi connectivity index (χ2v) is 7.39. The van der Waals surface area contributed by atoms with E-state index in [1.54, 1.807) is 11.8 Å². The summed E-state index contributed by atoms with van der Waals surface area (Å²) < 4.78 is 0. The molecule has 3 unspecified atom stereocenters. The number of likely N-dealkylation sites (tertiary alicyclic amines) is 1. The van der Waals surface area contributed by atoms with E-state index in [9.17, 15) is 14.7 Å². The zero-order valence-electron chi connectivity index (χ0n) is 15.5. The van der Waals surface area contributed by atoms with Gasteiger partial charge in [-0.1, -0.05) is 24.6 Å². The fourth-order valence-electron chi connectivity index (χ4n) is 3.34. The molecular formula is C20H30N2O3. The Morgan fingerprint density at radius 2 is 1.96 bits per heavy atom. The van der Waals surface area contributed by atoms with Crippen LogP contribution in [0.1, 0.15) is 49.0 Å². The summed E-state index contributed by atoms with van der Waals surface area (Å²) in [5, 5.41) is 12.4. The van der Waals surface area contributed by atoms with Crippen LogP contribution in [0, 0.1) is 18.8 Å². The first-order valence-corrected chi connectivity index (χ1v) is 9.18. The highest BCUT2D eigenvalue weighted by Gasteiger charge is 2.29. The van der Waals surface area contributed by atoms with Crippen LogP contribution in [0.3, 0.4) is 0 Å². The van der Waals surface area contributed by atoms with Crippen LogP contribution < -0.4 is 5.32 Å². The van der Waals surface area contributed by atoms with Gasteiger partial charge in [-0.3, -0.25) is 9.59 Å². The van der Waals surface area contributed by atoms with Crippen LogP contribution in [-0.4, -0.2) is 47.6 Å². The number of nitrogens with zero attached hydrogens (tertiary/aromatic N) is 1. The molecule has 5 heteroatoms. The van der Waals surface area contributed by atoms with Crippen LogP contribution in [0.15, 0.2) is 24.3 Å². The second-order valence-electron chi connectivity index (χ2n) is 7.39. The van der Waals surface area contributed by atoms with Crippen molar-refractivity contribution >= 4 is 11.8 Å². The molecular weight excluding hydrogens is 316 g/mol. The zero-order valence-corrected chi connectivity index (χ0v) is 15.5. The van der Waals surface area contributed by atoms with Crippen LogP contribution in [0.5, 0.6) is 0 Å². The van der Waals surface area contributed by atoms with Gasteiger partial charge < -0.3 is 15.3 Å². The van der Waals surface area contributed by atoms with Crippen molar-refractivity contribution in [3.63, 3.8) is 0 Å². The van der Waals surface area contributed by atoms with Crippen molar-refractivity contribution in [1.29, 1.82) is 0 Å². The standard InChI is InChI=1S/C20H30N2O3/c1-14-6-8-17(9-7-14)20(25)22-10-4-5-18(13-22)19(24)21-12-15(2)11-16(3)23/h6-9,15-16,18,23H,4-5,10-13H2,1-3H3,(H,21,24). The summed E-state index contributed by atoms with van der Waals surface area (Å²) >= 11 is 0. The highest BCUT2D eigenvalue weighted by Crippen LogP contribution is 2.19. The molecule has 2 rings (SSSR count). The summed E-state index contributed by atoms with van der Waals surface area (Å²) in [5.41, 5.74) is 1.80. The van der Waals surface area contributed by atoms with Crippen LogP contribution in [0.25, 0.3) is 0 Å². The molecule has 138 valence electrons. The predicted molar refractivity (Wildman–Crippen MR) is 98.3 cm³/mol. The second kappa shape index (κ2) is 8.99. The minimum Gasteiger partial charge on any atom is -0.393 e. The third-order valence-corrected chi connectivity index (χ3v) is 4.75. The van der Waals surface area contributed by atoms with Gasteiger partial charge in [-0.2, -0.15) is 0 Å². The highest BCUT2D eigenvalue weighted by molar-refractivity contribution is 5.94. The number of rotatable bonds is 6. The molecule has 0 aliphatic carbocycles. The van der Waals surface area contributed by atoms with Crippen LogP contribution >= 0.6 is 0 Å². The highest BCUT2D eigenvalue weighted by atomic mass is 16.3. The predicted octanol–water partition coefficient (Wildman–Crippen LogP) is 2.37. The number of carbonyl (C=O) groups is 2. The maximum absolute atomic E-state index is 12.6. The number of nitrogens with one attached hydrogen (secondary N) is 1. The molecule has 0 saturated carbocycles. The Morgan fingerprint density at radius 1 is 1.28 bits per heavy atom. The SMILES string of the molecule is Cc1ccc(C(=O)N2CCCC(C(=O)NCC(C)CC(C)O)C2)cc1. The molecule has 1 saturated heterocycles. The quantitative estimate of drug-likeness (QED) is 0.831. The summed E-state index contributed by atoms with van der Waals surface area (Å²) in [6.07, 6.45) is 1.97. The van der Waals surface area contributed by atoms with Crippen molar-refractivity contribution in [2.75, 3.05) is 19.6 Å². The molecule has 1 aliphatic heterocycles. The average molecular weight is 346 g/mol. The van der Waals surface area contributed by atoms with Crippen molar-refractivity contribution < 1.29 is 14.7 Å². The number of hydrogen-bond acceptors (Lipinski definition) is 3. The third-order valence-electron chi connectivity index (χ3n) is 4.75.